The maximum atomic E-state index is 13.3. The van der Waals surface area contributed by atoms with Crippen molar-refractivity contribution in [3.8, 4) is 5.75 Å². The largest absolute Gasteiger partial charge is 0.508 e. The molecule has 0 aromatic heterocycles. The summed E-state index contributed by atoms with van der Waals surface area (Å²) in [4.78, 5) is 26.7. The molecule has 0 unspecified atom stereocenters. The van der Waals surface area contributed by atoms with Gasteiger partial charge in [0.25, 0.3) is 0 Å². The molecule has 1 aliphatic rings. The van der Waals surface area contributed by atoms with Crippen LogP contribution in [0.4, 0.5) is 11.4 Å². The van der Waals surface area contributed by atoms with Gasteiger partial charge in [0.15, 0.2) is 0 Å². The molecule has 4 rings (SSSR count). The number of phenolic OH excluding ortho intramolecular Hbond substituents is 1. The van der Waals surface area contributed by atoms with E-state index in [4.69, 9.17) is 0 Å². The molecule has 0 spiro atoms. The minimum atomic E-state index is -0.986. The van der Waals surface area contributed by atoms with Gasteiger partial charge < -0.3 is 15.5 Å². The minimum Gasteiger partial charge on any atom is -0.508 e. The second-order valence-electron chi connectivity index (χ2n) is 7.65. The maximum absolute atomic E-state index is 13.3. The van der Waals surface area contributed by atoms with Crippen LogP contribution in [0.3, 0.4) is 0 Å². The first-order valence-electron chi connectivity index (χ1n) is 10.5. The van der Waals surface area contributed by atoms with Crippen LogP contribution in [0.15, 0.2) is 72.8 Å². The molecule has 1 aliphatic heterocycles. The summed E-state index contributed by atoms with van der Waals surface area (Å²) in [5.41, 5.74) is 4.28. The van der Waals surface area contributed by atoms with E-state index in [1.807, 2.05) is 60.7 Å². The summed E-state index contributed by atoms with van der Waals surface area (Å²) in [5, 5.41) is 22.0. The van der Waals surface area contributed by atoms with Crippen molar-refractivity contribution < 1.29 is 19.8 Å². The first-order valence-corrected chi connectivity index (χ1v) is 10.5. The highest BCUT2D eigenvalue weighted by molar-refractivity contribution is 6.06. The van der Waals surface area contributed by atoms with Gasteiger partial charge in [-0.3, -0.25) is 14.5 Å². The average molecular weight is 428 g/mol. The lowest BCUT2D eigenvalue weighted by Gasteiger charge is -2.25. The average Bonchev–Trinajstić information content (AvgIpc) is 2.96. The molecule has 0 saturated heterocycles. The number of aromatic hydroxyl groups is 1. The van der Waals surface area contributed by atoms with E-state index in [1.54, 1.807) is 17.0 Å². The van der Waals surface area contributed by atoms with Gasteiger partial charge in [0.2, 0.25) is 5.91 Å². The van der Waals surface area contributed by atoms with Gasteiger partial charge in [-0.05, 0) is 47.4 Å². The number of phenols is 1. The Balaban J connectivity index is 1.48. The molecule has 0 aliphatic carbocycles. The molecule has 0 fully saturated rings. The van der Waals surface area contributed by atoms with Crippen molar-refractivity contribution in [1.29, 1.82) is 0 Å². The molecular formula is C26H24N2O4. The molecule has 6 nitrogen and oxygen atoms in total. The van der Waals surface area contributed by atoms with Gasteiger partial charge >= 0.3 is 5.97 Å². The second kappa shape index (κ2) is 9.49. The van der Waals surface area contributed by atoms with Crippen molar-refractivity contribution in [2.45, 2.75) is 18.9 Å². The number of carboxylic acid groups (broad SMARTS) is 1. The van der Waals surface area contributed by atoms with Crippen molar-refractivity contribution in [1.82, 2.24) is 5.32 Å². The lowest BCUT2D eigenvalue weighted by Crippen LogP contribution is -2.40. The van der Waals surface area contributed by atoms with Crippen LogP contribution < -0.4 is 10.2 Å². The van der Waals surface area contributed by atoms with Crippen molar-refractivity contribution in [2.75, 3.05) is 11.4 Å². The van der Waals surface area contributed by atoms with Crippen molar-refractivity contribution in [3.63, 3.8) is 0 Å². The lowest BCUT2D eigenvalue weighted by atomic mass is 10.1. The van der Waals surface area contributed by atoms with E-state index in [0.29, 0.717) is 0 Å². The quantitative estimate of drug-likeness (QED) is 0.524. The van der Waals surface area contributed by atoms with Crippen molar-refractivity contribution in [3.05, 3.63) is 89.5 Å². The third-order valence-corrected chi connectivity index (χ3v) is 5.45. The smallest absolute Gasteiger partial charge is 0.321 e. The highest BCUT2D eigenvalue weighted by Gasteiger charge is 2.24. The molecule has 0 radical (unpaired) electrons. The second-order valence-corrected chi connectivity index (χ2v) is 7.65. The summed E-state index contributed by atoms with van der Waals surface area (Å²) in [6.45, 7) is 0.224. The Labute approximate surface area is 186 Å². The third kappa shape index (κ3) is 4.71. The highest BCUT2D eigenvalue weighted by atomic mass is 16.4. The van der Waals surface area contributed by atoms with E-state index in [0.717, 1.165) is 28.1 Å². The number of carbonyl (C=O) groups excluding carboxylic acids is 1. The van der Waals surface area contributed by atoms with E-state index < -0.39 is 12.0 Å². The Bertz CT molecular complexity index is 1100. The normalized spacial score (nSPS) is 13.1. The Hall–Kier alpha value is -3.90. The van der Waals surface area contributed by atoms with E-state index in [1.165, 1.54) is 12.1 Å². The number of amides is 1. The predicted molar refractivity (Wildman–Crippen MR) is 125 cm³/mol. The minimum absolute atomic E-state index is 0.116. The van der Waals surface area contributed by atoms with Crippen LogP contribution in [0.25, 0.3) is 12.2 Å². The van der Waals surface area contributed by atoms with Gasteiger partial charge in [0.05, 0.1) is 11.4 Å². The Morgan fingerprint density at radius 2 is 1.41 bits per heavy atom. The van der Waals surface area contributed by atoms with Crippen LogP contribution in [0.5, 0.6) is 5.75 Å². The number of carboxylic acids is 1. The van der Waals surface area contributed by atoms with Crippen LogP contribution in [-0.4, -0.2) is 34.7 Å². The molecule has 1 amide bonds. The molecule has 6 heteroatoms. The fraction of sp³-hybridized carbons (Fsp3) is 0.154. The van der Waals surface area contributed by atoms with E-state index in [2.05, 4.69) is 5.32 Å². The van der Waals surface area contributed by atoms with Gasteiger partial charge in [-0.2, -0.15) is 0 Å². The summed E-state index contributed by atoms with van der Waals surface area (Å²) in [6.07, 6.45) is 4.39. The lowest BCUT2D eigenvalue weighted by molar-refractivity contribution is -0.139. The zero-order valence-electron chi connectivity index (χ0n) is 17.4. The fourth-order valence-corrected chi connectivity index (χ4v) is 3.82. The summed E-state index contributed by atoms with van der Waals surface area (Å²) >= 11 is 0. The third-order valence-electron chi connectivity index (χ3n) is 5.45. The van der Waals surface area contributed by atoms with Gasteiger partial charge in [0.1, 0.15) is 11.8 Å². The molecule has 1 heterocycles. The number of benzene rings is 3. The number of rotatable bonds is 7. The molecule has 0 bridgehead atoms. The zero-order chi connectivity index (χ0) is 22.5. The highest BCUT2D eigenvalue weighted by Crippen LogP contribution is 2.36. The van der Waals surface area contributed by atoms with Gasteiger partial charge in [-0.25, -0.2) is 0 Å². The molecule has 0 saturated carbocycles. The van der Waals surface area contributed by atoms with Crippen LogP contribution in [0, 0.1) is 0 Å². The molecular weight excluding hydrogens is 404 g/mol. The number of fused-ring (bicyclic) bond motifs is 2. The van der Waals surface area contributed by atoms with Gasteiger partial charge in [-0.15, -0.1) is 0 Å². The Morgan fingerprint density at radius 3 is 1.97 bits per heavy atom. The zero-order valence-corrected chi connectivity index (χ0v) is 17.4. The first kappa shape index (κ1) is 21.3. The molecule has 3 aromatic rings. The monoisotopic (exact) mass is 428 g/mol. The van der Waals surface area contributed by atoms with E-state index in [9.17, 15) is 19.8 Å². The standard InChI is InChI=1S/C26H24N2O4/c29-21-13-9-18(10-14-21)17-22(26(31)32)27-16-15-25(30)28-23-7-3-1-5-19(23)11-12-20-6-2-4-8-24(20)28/h1-14,22,27,29H,15-17H2,(H,31,32)/t22-/m0/s1. The van der Waals surface area contributed by atoms with Crippen LogP contribution >= 0.6 is 0 Å². The fourth-order valence-electron chi connectivity index (χ4n) is 3.82. The molecule has 3 N–H and O–H groups in total. The number of nitrogens with one attached hydrogen (secondary N) is 1. The number of carbonyl (C=O) groups is 2. The van der Waals surface area contributed by atoms with Crippen molar-refractivity contribution in [2.24, 2.45) is 0 Å². The summed E-state index contributed by atoms with van der Waals surface area (Å²) in [6, 6.07) is 21.0. The molecule has 32 heavy (non-hydrogen) atoms. The van der Waals surface area contributed by atoms with Crippen LogP contribution in [0.1, 0.15) is 23.1 Å². The molecule has 3 aromatic carbocycles. The number of hydrogen-bond donors (Lipinski definition) is 3. The topological polar surface area (TPSA) is 89.9 Å². The Morgan fingerprint density at radius 1 is 0.844 bits per heavy atom. The SMILES string of the molecule is O=C(O)[C@H](Cc1ccc(O)cc1)NCCC(=O)N1c2ccccc2C=Cc2ccccc21. The Kier molecular flexibility index (Phi) is 6.33. The van der Waals surface area contributed by atoms with E-state index in [-0.39, 0.29) is 31.0 Å². The van der Waals surface area contributed by atoms with E-state index >= 15 is 0 Å². The number of anilines is 2. The molecule has 1 atom stereocenters. The number of aliphatic carboxylic acids is 1. The van der Waals surface area contributed by atoms with Gasteiger partial charge in [0, 0.05) is 13.0 Å². The van der Waals surface area contributed by atoms with Crippen LogP contribution in [0.2, 0.25) is 0 Å². The first-order chi connectivity index (χ1) is 15.5. The summed E-state index contributed by atoms with van der Waals surface area (Å²) < 4.78 is 0. The van der Waals surface area contributed by atoms with Crippen LogP contribution in [-0.2, 0) is 16.0 Å². The summed E-state index contributed by atoms with van der Waals surface area (Å²) in [5.74, 6) is -0.971. The predicted octanol–water partition coefficient (Wildman–Crippen LogP) is 4.22. The number of nitrogens with zero attached hydrogens (tertiary/aromatic N) is 1. The molecule has 162 valence electrons. The number of hydrogen-bond acceptors (Lipinski definition) is 4. The number of para-hydroxylation sites is 2. The summed E-state index contributed by atoms with van der Waals surface area (Å²) in [7, 11) is 0. The maximum Gasteiger partial charge on any atom is 0.321 e. The van der Waals surface area contributed by atoms with Gasteiger partial charge in [-0.1, -0.05) is 60.7 Å². The van der Waals surface area contributed by atoms with Crippen molar-refractivity contribution >= 4 is 35.4 Å².